The van der Waals surface area contributed by atoms with Gasteiger partial charge in [0.05, 0.1) is 11.3 Å². The van der Waals surface area contributed by atoms with Crippen LogP contribution in [-0.2, 0) is 9.59 Å². The number of hydrogen-bond donors (Lipinski definition) is 1. The van der Waals surface area contributed by atoms with Crippen LogP contribution in [0.1, 0.15) is 22.3 Å². The van der Waals surface area contributed by atoms with Crippen molar-refractivity contribution in [1.82, 2.24) is 0 Å². The van der Waals surface area contributed by atoms with Crippen LogP contribution in [0.15, 0.2) is 72.4 Å². The van der Waals surface area contributed by atoms with Gasteiger partial charge < -0.3 is 5.32 Å². The van der Waals surface area contributed by atoms with Crippen LogP contribution in [0.3, 0.4) is 0 Å². The topological polar surface area (TPSA) is 49.4 Å². The molecule has 1 N–H and O–H groups in total. The van der Waals surface area contributed by atoms with Gasteiger partial charge in [0.1, 0.15) is 5.70 Å². The number of carbonyl (C=O) groups excluding carboxylic acids is 2. The molecule has 1 aliphatic rings. The Labute approximate surface area is 180 Å². The third kappa shape index (κ3) is 3.40. The zero-order chi connectivity index (χ0) is 21.4. The van der Waals surface area contributed by atoms with Crippen LogP contribution in [0.25, 0.3) is 5.57 Å². The molecule has 30 heavy (non-hydrogen) atoms. The summed E-state index contributed by atoms with van der Waals surface area (Å²) in [6, 6.07) is 20.3. The predicted octanol–water partition coefficient (Wildman–Crippen LogP) is 5.66. The zero-order valence-electron chi connectivity index (χ0n) is 17.0. The molecule has 0 radical (unpaired) electrons. The van der Waals surface area contributed by atoms with Crippen molar-refractivity contribution in [3.05, 3.63) is 99.7 Å². The van der Waals surface area contributed by atoms with E-state index < -0.39 is 0 Å². The van der Waals surface area contributed by atoms with E-state index in [4.69, 9.17) is 11.6 Å². The third-order valence-electron chi connectivity index (χ3n) is 5.42. The normalized spacial score (nSPS) is 13.9. The Morgan fingerprint density at radius 1 is 0.800 bits per heavy atom. The molecule has 1 aliphatic heterocycles. The molecule has 2 amide bonds. The molecule has 0 unspecified atom stereocenters. The highest BCUT2D eigenvalue weighted by Crippen LogP contribution is 2.36. The highest BCUT2D eigenvalue weighted by molar-refractivity contribution is 6.46. The first-order valence-corrected chi connectivity index (χ1v) is 10.0. The number of nitrogens with zero attached hydrogens (tertiary/aromatic N) is 1. The first-order valence-electron chi connectivity index (χ1n) is 9.66. The van der Waals surface area contributed by atoms with Crippen LogP contribution >= 0.6 is 11.6 Å². The van der Waals surface area contributed by atoms with Gasteiger partial charge in [-0.1, -0.05) is 60.1 Å². The van der Waals surface area contributed by atoms with Gasteiger partial charge >= 0.3 is 0 Å². The van der Waals surface area contributed by atoms with Gasteiger partial charge in [0.15, 0.2) is 0 Å². The minimum absolute atomic E-state index is 0.248. The summed E-state index contributed by atoms with van der Waals surface area (Å²) < 4.78 is 0. The molecule has 3 aromatic carbocycles. The fraction of sp³-hybridized carbons (Fsp3) is 0.120. The molecular formula is C25H21ClN2O2. The van der Waals surface area contributed by atoms with Crippen molar-refractivity contribution in [1.29, 1.82) is 0 Å². The Balaban J connectivity index is 1.87. The van der Waals surface area contributed by atoms with Crippen LogP contribution in [-0.4, -0.2) is 11.8 Å². The summed E-state index contributed by atoms with van der Waals surface area (Å²) in [6.45, 7) is 5.80. The fourth-order valence-electron chi connectivity index (χ4n) is 3.58. The Bertz CT molecular complexity index is 1200. The van der Waals surface area contributed by atoms with Gasteiger partial charge in [0, 0.05) is 10.7 Å². The SMILES string of the molecule is Cc1ccc(Cl)cc1NC1=C(c2ccccc2)C(=O)N(c2cccc(C)c2C)C1=O. The van der Waals surface area contributed by atoms with E-state index in [0.29, 0.717) is 27.5 Å². The van der Waals surface area contributed by atoms with E-state index in [1.54, 1.807) is 18.2 Å². The molecule has 0 aliphatic carbocycles. The van der Waals surface area contributed by atoms with Crippen molar-refractivity contribution in [3.63, 3.8) is 0 Å². The Morgan fingerprint density at radius 3 is 2.27 bits per heavy atom. The molecule has 5 heteroatoms. The first-order chi connectivity index (χ1) is 14.4. The lowest BCUT2D eigenvalue weighted by molar-refractivity contribution is -0.120. The van der Waals surface area contributed by atoms with E-state index in [0.717, 1.165) is 16.7 Å². The van der Waals surface area contributed by atoms with E-state index in [1.165, 1.54) is 4.90 Å². The Kier molecular flexibility index (Phi) is 5.18. The second kappa shape index (κ2) is 7.81. The molecule has 0 fully saturated rings. The van der Waals surface area contributed by atoms with Crippen molar-refractivity contribution in [2.45, 2.75) is 20.8 Å². The summed E-state index contributed by atoms with van der Waals surface area (Å²) in [5, 5.41) is 3.74. The second-order valence-electron chi connectivity index (χ2n) is 7.37. The number of nitrogens with one attached hydrogen (secondary N) is 1. The Morgan fingerprint density at radius 2 is 1.53 bits per heavy atom. The lowest BCUT2D eigenvalue weighted by atomic mass is 10.0. The number of imide groups is 1. The number of halogens is 1. The maximum atomic E-state index is 13.5. The number of aryl methyl sites for hydroxylation is 2. The smallest absolute Gasteiger partial charge is 0.282 e. The molecule has 0 saturated heterocycles. The summed E-state index contributed by atoms with van der Waals surface area (Å²) in [5.41, 5.74) is 5.40. The maximum Gasteiger partial charge on any atom is 0.282 e. The molecule has 150 valence electrons. The molecule has 1 heterocycles. The summed E-state index contributed by atoms with van der Waals surface area (Å²) in [7, 11) is 0. The first kappa shape index (κ1) is 19.9. The predicted molar refractivity (Wildman–Crippen MR) is 122 cm³/mol. The lowest BCUT2D eigenvalue weighted by Gasteiger charge is -2.19. The van der Waals surface area contributed by atoms with E-state index in [-0.39, 0.29) is 17.5 Å². The standard InChI is InChI=1S/C25H21ClN2O2/c1-15-8-7-11-21(17(15)3)28-24(29)22(18-9-5-4-6-10-18)23(25(28)30)27-20-14-19(26)13-12-16(20)2/h4-14,27H,1-3H3. The van der Waals surface area contributed by atoms with Gasteiger partial charge in [-0.2, -0.15) is 0 Å². The third-order valence-corrected chi connectivity index (χ3v) is 5.66. The molecule has 4 nitrogen and oxygen atoms in total. The van der Waals surface area contributed by atoms with E-state index in [1.807, 2.05) is 69.3 Å². The summed E-state index contributed by atoms with van der Waals surface area (Å²) in [6.07, 6.45) is 0. The van der Waals surface area contributed by atoms with Crippen LogP contribution < -0.4 is 10.2 Å². The Hall–Kier alpha value is -3.37. The quantitative estimate of drug-likeness (QED) is 0.558. The minimum atomic E-state index is -0.382. The monoisotopic (exact) mass is 416 g/mol. The largest absolute Gasteiger partial charge is 0.350 e. The number of carbonyl (C=O) groups is 2. The number of hydrogen-bond acceptors (Lipinski definition) is 3. The highest BCUT2D eigenvalue weighted by atomic mass is 35.5. The molecule has 0 saturated carbocycles. The molecule has 0 aromatic heterocycles. The molecule has 0 spiro atoms. The van der Waals surface area contributed by atoms with Crippen molar-refractivity contribution in [2.75, 3.05) is 10.2 Å². The molecule has 0 atom stereocenters. The number of anilines is 2. The van der Waals surface area contributed by atoms with Crippen molar-refractivity contribution < 1.29 is 9.59 Å². The van der Waals surface area contributed by atoms with Crippen molar-refractivity contribution in [2.24, 2.45) is 0 Å². The fourth-order valence-corrected chi connectivity index (χ4v) is 3.75. The molecule has 3 aromatic rings. The average molecular weight is 417 g/mol. The van der Waals surface area contributed by atoms with Gasteiger partial charge in [-0.25, -0.2) is 4.90 Å². The zero-order valence-corrected chi connectivity index (χ0v) is 17.7. The summed E-state index contributed by atoms with van der Waals surface area (Å²) >= 11 is 6.17. The van der Waals surface area contributed by atoms with Crippen LogP contribution in [0.5, 0.6) is 0 Å². The molecule has 4 rings (SSSR count). The maximum absolute atomic E-state index is 13.5. The molecular weight excluding hydrogens is 396 g/mol. The van der Waals surface area contributed by atoms with Crippen LogP contribution in [0, 0.1) is 20.8 Å². The number of amides is 2. The summed E-state index contributed by atoms with van der Waals surface area (Å²) in [4.78, 5) is 28.3. The average Bonchev–Trinajstić information content (AvgIpc) is 2.97. The number of benzene rings is 3. The number of rotatable bonds is 4. The van der Waals surface area contributed by atoms with Gasteiger partial charge in [-0.05, 0) is 61.2 Å². The van der Waals surface area contributed by atoms with Crippen LogP contribution in [0.4, 0.5) is 11.4 Å². The van der Waals surface area contributed by atoms with E-state index in [9.17, 15) is 9.59 Å². The van der Waals surface area contributed by atoms with Gasteiger partial charge in [0.25, 0.3) is 11.8 Å². The van der Waals surface area contributed by atoms with Gasteiger partial charge in [0.2, 0.25) is 0 Å². The van der Waals surface area contributed by atoms with Crippen molar-refractivity contribution >= 4 is 40.4 Å². The second-order valence-corrected chi connectivity index (χ2v) is 7.80. The highest BCUT2D eigenvalue weighted by Gasteiger charge is 2.41. The van der Waals surface area contributed by atoms with E-state index >= 15 is 0 Å². The van der Waals surface area contributed by atoms with E-state index in [2.05, 4.69) is 5.32 Å². The van der Waals surface area contributed by atoms with Crippen LogP contribution in [0.2, 0.25) is 5.02 Å². The van der Waals surface area contributed by atoms with Gasteiger partial charge in [-0.15, -0.1) is 0 Å². The lowest BCUT2D eigenvalue weighted by Crippen LogP contribution is -2.33. The minimum Gasteiger partial charge on any atom is -0.350 e. The van der Waals surface area contributed by atoms with Crippen molar-refractivity contribution in [3.8, 4) is 0 Å². The van der Waals surface area contributed by atoms with Gasteiger partial charge in [-0.3, -0.25) is 9.59 Å². The summed E-state index contributed by atoms with van der Waals surface area (Å²) in [5.74, 6) is -0.728. The molecule has 0 bridgehead atoms.